The fourth-order valence-electron chi connectivity index (χ4n) is 3.93. The summed E-state index contributed by atoms with van der Waals surface area (Å²) in [5.41, 5.74) is 3.32. The zero-order valence-corrected chi connectivity index (χ0v) is 16.3. The zero-order valence-electron chi connectivity index (χ0n) is 14.8. The molecule has 7 nitrogen and oxygen atoms in total. The lowest BCUT2D eigenvalue weighted by Gasteiger charge is -2.32. The normalized spacial score (nSPS) is 26.6. The molecule has 2 saturated heterocycles. The van der Waals surface area contributed by atoms with Crippen LogP contribution in [0.5, 0.6) is 0 Å². The minimum atomic E-state index is -3.19. The van der Waals surface area contributed by atoms with Crippen molar-refractivity contribution in [3.63, 3.8) is 0 Å². The van der Waals surface area contributed by atoms with Gasteiger partial charge in [0.15, 0.2) is 5.82 Å². The maximum atomic E-state index is 14.7. The van der Waals surface area contributed by atoms with E-state index >= 15 is 0 Å². The van der Waals surface area contributed by atoms with Crippen molar-refractivity contribution in [3.8, 4) is 0 Å². The molecule has 28 heavy (non-hydrogen) atoms. The number of likely N-dealkylation sites (tertiary alicyclic amines) is 1. The highest BCUT2D eigenvalue weighted by Crippen LogP contribution is 2.42. The highest BCUT2D eigenvalue weighted by molar-refractivity contribution is 9.10. The first-order valence-electron chi connectivity index (χ1n) is 8.95. The summed E-state index contributed by atoms with van der Waals surface area (Å²) in [6, 6.07) is 0.484. The van der Waals surface area contributed by atoms with Crippen LogP contribution >= 0.6 is 15.9 Å². The first-order valence-corrected chi connectivity index (χ1v) is 9.74. The van der Waals surface area contributed by atoms with Crippen molar-refractivity contribution in [1.82, 2.24) is 20.3 Å². The Hall–Kier alpha value is -1.85. The van der Waals surface area contributed by atoms with Gasteiger partial charge >= 0.3 is 6.03 Å². The second kappa shape index (κ2) is 7.20. The lowest BCUT2D eigenvalue weighted by atomic mass is 9.95. The molecule has 3 N–H and O–H groups in total. The third kappa shape index (κ3) is 3.46. The fourth-order valence-corrected chi connectivity index (χ4v) is 4.26. The number of aromatic nitrogens is 1. The number of fused-ring (bicyclic) bond motifs is 2. The Morgan fingerprint density at radius 3 is 2.96 bits per heavy atom. The molecule has 3 aliphatic rings. The van der Waals surface area contributed by atoms with E-state index in [0.717, 1.165) is 0 Å². The van der Waals surface area contributed by atoms with Crippen molar-refractivity contribution < 1.29 is 23.1 Å². The van der Waals surface area contributed by atoms with Crippen molar-refractivity contribution >= 4 is 27.6 Å². The van der Waals surface area contributed by atoms with Gasteiger partial charge in [0.25, 0.3) is 5.92 Å². The Morgan fingerprint density at radius 2 is 2.18 bits per heavy atom. The number of aliphatic hydroxyl groups excluding tert-OH is 1. The Bertz CT molecular complexity index is 837. The second-order valence-electron chi connectivity index (χ2n) is 7.16. The van der Waals surface area contributed by atoms with Crippen LogP contribution in [0.4, 0.5) is 23.7 Å². The van der Waals surface area contributed by atoms with Crippen LogP contribution in [-0.4, -0.2) is 63.7 Å². The van der Waals surface area contributed by atoms with E-state index in [4.69, 9.17) is 0 Å². The number of carbonyl (C=O) groups is 1. The molecular weight excluding hydrogens is 443 g/mol. The second-order valence-corrected chi connectivity index (χ2v) is 7.91. The summed E-state index contributed by atoms with van der Waals surface area (Å²) >= 11 is 2.96. The van der Waals surface area contributed by atoms with Crippen LogP contribution in [0.1, 0.15) is 19.3 Å². The number of piperidine rings is 1. The number of nitrogens with zero attached hydrogens (tertiary/aromatic N) is 3. The number of carbonyl (C=O) groups excluding carboxylic acids is 1. The third-order valence-electron chi connectivity index (χ3n) is 5.26. The molecule has 1 aromatic heterocycles. The zero-order chi connectivity index (χ0) is 20.1. The van der Waals surface area contributed by atoms with Gasteiger partial charge in [0.1, 0.15) is 10.3 Å². The molecule has 1 unspecified atom stereocenters. The summed E-state index contributed by atoms with van der Waals surface area (Å²) < 4.78 is 43.5. The van der Waals surface area contributed by atoms with Crippen LogP contribution in [0.2, 0.25) is 0 Å². The minimum Gasteiger partial charge on any atom is -0.393 e. The van der Waals surface area contributed by atoms with Crippen molar-refractivity contribution in [2.45, 2.75) is 37.3 Å². The van der Waals surface area contributed by atoms with Crippen molar-refractivity contribution in [2.24, 2.45) is 0 Å². The van der Waals surface area contributed by atoms with Gasteiger partial charge < -0.3 is 20.3 Å². The molecule has 2 amide bonds. The molecule has 11 heteroatoms. The highest BCUT2D eigenvalue weighted by atomic mass is 79.9. The Kier molecular flexibility index (Phi) is 5.00. The number of pyridine rings is 1. The fraction of sp³-hybridized carbons (Fsp3) is 0.529. The van der Waals surface area contributed by atoms with Gasteiger partial charge in [-0.25, -0.2) is 19.6 Å². The van der Waals surface area contributed by atoms with Gasteiger partial charge in [0.05, 0.1) is 17.8 Å². The van der Waals surface area contributed by atoms with Gasteiger partial charge in [-0.1, -0.05) is 0 Å². The molecule has 0 radical (unpaired) electrons. The van der Waals surface area contributed by atoms with E-state index in [-0.39, 0.29) is 41.5 Å². The smallest absolute Gasteiger partial charge is 0.322 e. The average Bonchev–Trinajstić information content (AvgIpc) is 2.96. The summed E-state index contributed by atoms with van der Waals surface area (Å²) in [6.45, 7) is 0.625. The van der Waals surface area contributed by atoms with Crippen LogP contribution in [-0.2, 0) is 0 Å². The Balaban J connectivity index is 1.56. The molecule has 152 valence electrons. The quantitative estimate of drug-likeness (QED) is 0.559. The van der Waals surface area contributed by atoms with Crippen LogP contribution in [0.25, 0.3) is 0 Å². The first kappa shape index (κ1) is 19.5. The van der Waals surface area contributed by atoms with E-state index < -0.39 is 30.3 Å². The molecule has 2 fully saturated rings. The maximum absolute atomic E-state index is 14.7. The number of hydrogen-bond acceptors (Lipinski definition) is 5. The van der Waals surface area contributed by atoms with Gasteiger partial charge in [0, 0.05) is 32.3 Å². The number of halogens is 4. The number of hydrogen-bond donors (Lipinski definition) is 3. The highest BCUT2D eigenvalue weighted by Gasteiger charge is 2.50. The topological polar surface area (TPSA) is 80.7 Å². The molecule has 4 heterocycles. The van der Waals surface area contributed by atoms with E-state index in [1.165, 1.54) is 22.2 Å². The van der Waals surface area contributed by atoms with Crippen LogP contribution in [0, 0.1) is 5.82 Å². The van der Waals surface area contributed by atoms with Crippen LogP contribution in [0.15, 0.2) is 28.1 Å². The molecule has 4 rings (SSSR count). The van der Waals surface area contributed by atoms with E-state index in [1.54, 1.807) is 0 Å². The lowest BCUT2D eigenvalue weighted by Crippen LogP contribution is -2.47. The average molecular weight is 462 g/mol. The lowest BCUT2D eigenvalue weighted by molar-refractivity contribution is -0.0192. The van der Waals surface area contributed by atoms with E-state index in [0.29, 0.717) is 18.5 Å². The van der Waals surface area contributed by atoms with Crippen molar-refractivity contribution in [3.05, 3.63) is 34.0 Å². The predicted molar refractivity (Wildman–Crippen MR) is 97.9 cm³/mol. The number of anilines is 1. The molecule has 3 aliphatic heterocycles. The number of rotatable bonds is 1. The summed E-state index contributed by atoms with van der Waals surface area (Å²) in [7, 11) is 0. The number of alkyl halides is 2. The Morgan fingerprint density at radius 1 is 1.39 bits per heavy atom. The molecule has 0 aliphatic carbocycles. The SMILES string of the molecule is O=C(Nc1ccnc(Br)c1F)N1CCC2NN3CC[C@H](O)CC(F)(F)C3=C2C1. The summed E-state index contributed by atoms with van der Waals surface area (Å²) in [5.74, 6) is -3.89. The Labute approximate surface area is 167 Å². The largest absolute Gasteiger partial charge is 0.393 e. The van der Waals surface area contributed by atoms with E-state index in [2.05, 4.69) is 31.7 Å². The number of amides is 2. The van der Waals surface area contributed by atoms with Crippen LogP contribution < -0.4 is 10.7 Å². The van der Waals surface area contributed by atoms with Crippen LogP contribution in [0.3, 0.4) is 0 Å². The van der Waals surface area contributed by atoms with Gasteiger partial charge in [-0.2, -0.15) is 8.78 Å². The molecule has 0 saturated carbocycles. The maximum Gasteiger partial charge on any atom is 0.322 e. The molecule has 1 aromatic rings. The van der Waals surface area contributed by atoms with Crippen molar-refractivity contribution in [1.29, 1.82) is 0 Å². The summed E-state index contributed by atoms with van der Waals surface area (Å²) in [6.07, 6.45) is 0.329. The van der Waals surface area contributed by atoms with Gasteiger partial charge in [-0.3, -0.25) is 0 Å². The van der Waals surface area contributed by atoms with Gasteiger partial charge in [-0.15, -0.1) is 0 Å². The van der Waals surface area contributed by atoms with Gasteiger partial charge in [0.2, 0.25) is 0 Å². The molecule has 2 atom stereocenters. The predicted octanol–water partition coefficient (Wildman–Crippen LogP) is 2.45. The minimum absolute atomic E-state index is 0.00882. The van der Waals surface area contributed by atoms with E-state index in [9.17, 15) is 23.1 Å². The number of urea groups is 1. The molecule has 0 bridgehead atoms. The first-order chi connectivity index (χ1) is 13.3. The monoisotopic (exact) mass is 461 g/mol. The number of hydrazine groups is 1. The van der Waals surface area contributed by atoms with Gasteiger partial charge in [-0.05, 0) is 40.4 Å². The molecule has 0 spiro atoms. The summed E-state index contributed by atoms with van der Waals surface area (Å²) in [4.78, 5) is 17.7. The van der Waals surface area contributed by atoms with Crippen molar-refractivity contribution in [2.75, 3.05) is 25.0 Å². The summed E-state index contributed by atoms with van der Waals surface area (Å²) in [5, 5.41) is 13.6. The number of allylic oxidation sites excluding steroid dienone is 1. The molecule has 0 aromatic carbocycles. The number of aliphatic hydroxyl groups is 1. The molecular formula is C17H19BrF3N5O2. The standard InChI is InChI=1S/C17H19BrF3N5O2/c18-15-13(19)12(1-4-22-15)23-16(28)25-5-3-11-10(8-25)14-17(20,21)7-9(27)2-6-26(14)24-11/h1,4,9,11,24,27H,2-3,5-8H2,(H,22,23,28)/t9-,11?/m0/s1. The number of nitrogens with one attached hydrogen (secondary N) is 2. The third-order valence-corrected chi connectivity index (χ3v) is 5.81. The van der Waals surface area contributed by atoms with E-state index in [1.807, 2.05) is 0 Å².